The number of aliphatic imine (C=N–C) groups is 2. The van der Waals surface area contributed by atoms with E-state index in [1.54, 1.807) is 0 Å². The van der Waals surface area contributed by atoms with Gasteiger partial charge in [0.2, 0.25) is 0 Å². The third-order valence-corrected chi connectivity index (χ3v) is 12.4. The van der Waals surface area contributed by atoms with E-state index in [-0.39, 0.29) is 38.2 Å². The number of nitrogens with zero attached hydrogens (tertiary/aromatic N) is 2. The summed E-state index contributed by atoms with van der Waals surface area (Å²) < 4.78 is 13.1. The van der Waals surface area contributed by atoms with E-state index >= 15 is 0 Å². The normalized spacial score (nSPS) is 13.9. The third kappa shape index (κ3) is 13.2. The van der Waals surface area contributed by atoms with Gasteiger partial charge in [0.05, 0.1) is 22.8 Å². The Morgan fingerprint density at radius 3 is 1.40 bits per heavy atom. The molecular weight excluding hydrogens is 871 g/mol. The van der Waals surface area contributed by atoms with E-state index in [0.717, 1.165) is 46.8 Å². The van der Waals surface area contributed by atoms with Crippen molar-refractivity contribution in [3.05, 3.63) is 93.0 Å². The number of benzene rings is 4. The molecule has 5 rings (SSSR count). The second kappa shape index (κ2) is 20.5. The number of hydrogen-bond acceptors (Lipinski definition) is 6. The van der Waals surface area contributed by atoms with Crippen LogP contribution in [-0.4, -0.2) is 11.4 Å². The molecule has 4 aromatic rings. The van der Waals surface area contributed by atoms with E-state index in [4.69, 9.17) is 19.5 Å². The maximum Gasteiger partial charge on any atom is 2.00 e. The molecule has 0 aromatic heterocycles. The van der Waals surface area contributed by atoms with Crippen molar-refractivity contribution in [2.75, 3.05) is 0 Å². The van der Waals surface area contributed by atoms with Crippen LogP contribution in [0.5, 0.6) is 34.5 Å². The quantitative estimate of drug-likeness (QED) is 0.120. The second-order valence-corrected chi connectivity index (χ2v) is 25.5. The van der Waals surface area contributed by atoms with Gasteiger partial charge in [0, 0.05) is 5.56 Å². The Morgan fingerprint density at radius 2 is 1.00 bits per heavy atom. The number of rotatable bonds is 7. The van der Waals surface area contributed by atoms with Crippen LogP contribution in [0.1, 0.15) is 235 Å². The maximum atomic E-state index is 13.3. The Hall–Kier alpha value is -4.09. The minimum atomic E-state index is -0.579. The molecular formula is C60H86N2NiO4. The van der Waals surface area contributed by atoms with Gasteiger partial charge in [-0.1, -0.05) is 202 Å². The molecule has 0 amide bonds. The van der Waals surface area contributed by atoms with Crippen LogP contribution in [0.4, 0.5) is 11.4 Å². The molecule has 0 aliphatic carbocycles. The predicted molar refractivity (Wildman–Crippen MR) is 280 cm³/mol. The molecule has 0 saturated carbocycles. The summed E-state index contributed by atoms with van der Waals surface area (Å²) in [6.45, 7) is 51.4. The predicted octanol–water partition coefficient (Wildman–Crippen LogP) is 17.1. The van der Waals surface area contributed by atoms with Gasteiger partial charge in [-0.3, -0.25) is 9.98 Å². The molecule has 6 nitrogen and oxygen atoms in total. The van der Waals surface area contributed by atoms with Crippen LogP contribution in [0.25, 0.3) is 0 Å². The summed E-state index contributed by atoms with van der Waals surface area (Å²) in [6.07, 6.45) is 1.96. The summed E-state index contributed by atoms with van der Waals surface area (Å²) in [5, 5.41) is 26.6. The fraction of sp³-hybridized carbons (Fsp3) is 0.567. The van der Waals surface area contributed by atoms with E-state index < -0.39 is 22.3 Å². The Kier molecular flexibility index (Phi) is 17.5. The van der Waals surface area contributed by atoms with Crippen LogP contribution in [0.3, 0.4) is 0 Å². The van der Waals surface area contributed by atoms with Gasteiger partial charge in [-0.25, -0.2) is 0 Å². The SMILES string of the molecule is CC(C)(C)c1cc2c(c(C(C)(C)C)c1)Oc1c(c(C(C)(C)C)c([O-])c([O-])c1C(C)(C)C)O2.CCCC(=Nc1c(C(C)C)cccc1C(C)C)C(C)=Nc1cc(C(C)(C)C)ccc1C(C)(C)C.[Ni+2]. The Balaban J connectivity index is 0.000000351. The van der Waals surface area contributed by atoms with Crippen LogP contribution in [0.15, 0.2) is 58.5 Å². The van der Waals surface area contributed by atoms with Crippen LogP contribution in [-0.2, 0) is 49.0 Å². The topological polar surface area (TPSA) is 89.3 Å². The van der Waals surface area contributed by atoms with Crippen LogP contribution >= 0.6 is 0 Å². The van der Waals surface area contributed by atoms with Crippen molar-refractivity contribution in [3.8, 4) is 34.5 Å². The van der Waals surface area contributed by atoms with Crippen molar-refractivity contribution in [1.82, 2.24) is 0 Å². The molecule has 0 radical (unpaired) electrons. The van der Waals surface area contributed by atoms with Crippen molar-refractivity contribution in [2.45, 2.75) is 223 Å². The van der Waals surface area contributed by atoms with Gasteiger partial charge in [0.1, 0.15) is 0 Å². The summed E-state index contributed by atoms with van der Waals surface area (Å²) in [5.41, 5.74) is 11.1. The minimum absolute atomic E-state index is 0. The molecule has 0 spiro atoms. The van der Waals surface area contributed by atoms with E-state index in [1.165, 1.54) is 22.3 Å². The standard InChI is InChI=1S/C32H48N2.C28H40O4.Ni/c1-13-15-28(34-30-25(21(2)3)16-14-17-26(30)22(4)5)23(6)33-29-20-24(31(7,8)9)18-19-27(29)32(10,11)12;1-25(2,3)15-13-16(26(4,5)6)22-17(14-15)31-23-18(27(7,8)9)20(29)21(30)19(24(23)32-22)28(10,11)12;/h14,16-22H,13,15H2,1-12H3;13-14,29-30H,1-12H3;/q;;+2/p-2. The zero-order chi connectivity index (χ0) is 50.4. The van der Waals surface area contributed by atoms with Gasteiger partial charge in [0.25, 0.3) is 0 Å². The van der Waals surface area contributed by atoms with E-state index in [2.05, 4.69) is 167 Å². The van der Waals surface area contributed by atoms with Crippen LogP contribution in [0, 0.1) is 0 Å². The molecule has 67 heavy (non-hydrogen) atoms. The average molecular weight is 958 g/mol. The summed E-state index contributed by atoms with van der Waals surface area (Å²) in [4.78, 5) is 10.6. The average Bonchev–Trinajstić information content (AvgIpc) is 3.14. The van der Waals surface area contributed by atoms with Gasteiger partial charge in [-0.15, -0.1) is 11.5 Å². The number of fused-ring (bicyclic) bond motifs is 2. The molecule has 0 bridgehead atoms. The molecule has 4 aromatic carbocycles. The first-order valence-electron chi connectivity index (χ1n) is 24.5. The Morgan fingerprint density at radius 1 is 0.537 bits per heavy atom. The fourth-order valence-corrected chi connectivity index (χ4v) is 8.50. The molecule has 0 fully saturated rings. The molecule has 1 aliphatic rings. The van der Waals surface area contributed by atoms with Crippen molar-refractivity contribution in [1.29, 1.82) is 0 Å². The largest absolute Gasteiger partial charge is 2.00 e. The van der Waals surface area contributed by atoms with E-state index in [1.807, 2.05) is 47.6 Å². The summed E-state index contributed by atoms with van der Waals surface area (Å²) in [7, 11) is 0. The van der Waals surface area contributed by atoms with Gasteiger partial charge in [-0.05, 0) is 109 Å². The smallest absolute Gasteiger partial charge is 0.873 e. The molecule has 0 atom stereocenters. The van der Waals surface area contributed by atoms with Gasteiger partial charge in [0.15, 0.2) is 23.0 Å². The summed E-state index contributed by atoms with van der Waals surface area (Å²) >= 11 is 0. The molecule has 0 saturated heterocycles. The second-order valence-electron chi connectivity index (χ2n) is 25.5. The molecule has 0 unspecified atom stereocenters. The maximum absolute atomic E-state index is 13.3. The van der Waals surface area contributed by atoms with Crippen molar-refractivity contribution in [2.24, 2.45) is 9.98 Å². The van der Waals surface area contributed by atoms with Crippen molar-refractivity contribution >= 4 is 22.8 Å². The molecule has 1 aliphatic heterocycles. The molecule has 0 N–H and O–H groups in total. The molecule has 7 heteroatoms. The number of ether oxygens (including phenoxy) is 2. The fourth-order valence-electron chi connectivity index (χ4n) is 8.50. The van der Waals surface area contributed by atoms with E-state index in [0.29, 0.717) is 46.0 Å². The van der Waals surface area contributed by atoms with Crippen LogP contribution < -0.4 is 19.7 Å². The molecule has 370 valence electrons. The van der Waals surface area contributed by atoms with Gasteiger partial charge >= 0.3 is 16.5 Å². The summed E-state index contributed by atoms with van der Waals surface area (Å²) in [6, 6.07) is 17.7. The number of hydrogen-bond donors (Lipinski definition) is 0. The van der Waals surface area contributed by atoms with Crippen molar-refractivity contribution < 1.29 is 36.2 Å². The van der Waals surface area contributed by atoms with Crippen LogP contribution in [0.2, 0.25) is 0 Å². The van der Waals surface area contributed by atoms with Crippen molar-refractivity contribution in [3.63, 3.8) is 0 Å². The van der Waals surface area contributed by atoms with Gasteiger partial charge in [-0.2, -0.15) is 0 Å². The molecule has 1 heterocycles. The zero-order valence-electron chi connectivity index (χ0n) is 46.0. The third-order valence-electron chi connectivity index (χ3n) is 12.4. The first-order chi connectivity index (χ1) is 29.9. The zero-order valence-corrected chi connectivity index (χ0v) is 47.0. The minimum Gasteiger partial charge on any atom is -0.873 e. The van der Waals surface area contributed by atoms with E-state index in [9.17, 15) is 10.2 Å². The Bertz CT molecular complexity index is 2440. The monoisotopic (exact) mass is 957 g/mol. The summed E-state index contributed by atoms with van der Waals surface area (Å²) in [5.74, 6) is 1.83. The first kappa shape index (κ1) is 57.2. The Labute approximate surface area is 417 Å². The van der Waals surface area contributed by atoms with Gasteiger partial charge < -0.3 is 19.7 Å². The number of para-hydroxylation sites is 1. The first-order valence-corrected chi connectivity index (χ1v) is 24.5.